The molecule has 4 aliphatic rings. The maximum atomic E-state index is 13.6. The molecule has 11 nitrogen and oxygen atoms in total. The van der Waals surface area contributed by atoms with Gasteiger partial charge in [0.25, 0.3) is 5.91 Å². The van der Waals surface area contributed by atoms with Gasteiger partial charge in [-0.1, -0.05) is 0 Å². The summed E-state index contributed by atoms with van der Waals surface area (Å²) >= 11 is 0. The Morgan fingerprint density at radius 2 is 1.94 bits per heavy atom. The number of ketones is 2. The van der Waals surface area contributed by atoms with E-state index >= 15 is 0 Å². The highest BCUT2D eigenvalue weighted by Crippen LogP contribution is 2.53. The van der Waals surface area contributed by atoms with Crippen LogP contribution in [-0.2, 0) is 25.5 Å². The highest BCUT2D eigenvalue weighted by molar-refractivity contribution is 6.22. The van der Waals surface area contributed by atoms with Gasteiger partial charge in [0, 0.05) is 37.7 Å². The Morgan fingerprint density at radius 3 is 2.54 bits per heavy atom. The zero-order chi connectivity index (χ0) is 25.4. The first-order valence-corrected chi connectivity index (χ1v) is 11.2. The van der Waals surface area contributed by atoms with Crippen LogP contribution in [0.4, 0.5) is 5.69 Å². The number of aliphatic hydroxyl groups excluding tert-OH is 2. The first-order chi connectivity index (χ1) is 16.5. The normalized spacial score (nSPS) is 27.7. The summed E-state index contributed by atoms with van der Waals surface area (Å²) in [6.07, 6.45) is -0.0545. The Hall–Kier alpha value is -3.86. The topological polar surface area (TPSA) is 183 Å². The number of rotatable bonds is 3. The van der Waals surface area contributed by atoms with E-state index in [0.29, 0.717) is 24.4 Å². The van der Waals surface area contributed by atoms with Crippen molar-refractivity contribution in [3.05, 3.63) is 39.7 Å². The van der Waals surface area contributed by atoms with Crippen LogP contribution in [0, 0.1) is 11.8 Å². The minimum atomic E-state index is -2.59. The number of hydrogen-bond acceptors (Lipinski definition) is 10. The van der Waals surface area contributed by atoms with Crippen LogP contribution in [0.1, 0.15) is 29.5 Å². The van der Waals surface area contributed by atoms with E-state index in [0.717, 1.165) is 0 Å². The molecule has 1 amide bonds. The number of aromatic hydroxyl groups is 1. The van der Waals surface area contributed by atoms with E-state index in [4.69, 9.17) is 10.5 Å². The molecule has 0 radical (unpaired) electrons. The molecule has 1 aromatic carbocycles. The molecule has 1 aromatic rings. The fraction of sp³-hybridized carbons (Fsp3) is 0.417. The molecule has 1 fully saturated rings. The van der Waals surface area contributed by atoms with Crippen LogP contribution < -0.4 is 10.6 Å². The molecule has 6 N–H and O–H groups in total. The number of phenols is 1. The molecule has 1 aliphatic heterocycles. The van der Waals surface area contributed by atoms with E-state index in [1.54, 1.807) is 25.1 Å². The summed E-state index contributed by atoms with van der Waals surface area (Å²) in [5.74, 6) is -6.40. The molecule has 3 atom stereocenters. The first-order valence-electron chi connectivity index (χ1n) is 11.2. The number of anilines is 1. The molecule has 1 saturated carbocycles. The van der Waals surface area contributed by atoms with Crippen LogP contribution in [-0.4, -0.2) is 76.6 Å². The molecule has 0 bridgehead atoms. The summed E-state index contributed by atoms with van der Waals surface area (Å²) in [6, 6.07) is 1.70. The smallest absolute Gasteiger partial charge is 0.255 e. The van der Waals surface area contributed by atoms with Crippen molar-refractivity contribution in [2.75, 3.05) is 32.1 Å². The Labute approximate surface area is 199 Å². The number of carbonyl (C=O) groups is 3. The number of carbonyl (C=O) groups excluding carboxylic acids is 3. The number of phenolic OH excluding ortho intramolecular Hbond substituents is 1. The van der Waals surface area contributed by atoms with Crippen molar-refractivity contribution in [1.82, 2.24) is 0 Å². The molecule has 0 saturated heterocycles. The van der Waals surface area contributed by atoms with Gasteiger partial charge in [0.05, 0.1) is 17.7 Å². The van der Waals surface area contributed by atoms with Crippen LogP contribution in [0.25, 0.3) is 5.76 Å². The minimum absolute atomic E-state index is 0.0107. The number of primary amides is 1. The van der Waals surface area contributed by atoms with E-state index in [1.807, 2.05) is 0 Å². The van der Waals surface area contributed by atoms with Crippen molar-refractivity contribution in [3.8, 4) is 5.75 Å². The lowest BCUT2D eigenvalue weighted by atomic mass is 9.59. The highest BCUT2D eigenvalue weighted by Gasteiger charge is 2.60. The van der Waals surface area contributed by atoms with Gasteiger partial charge in [0.1, 0.15) is 29.4 Å². The minimum Gasteiger partial charge on any atom is -0.508 e. The zero-order valence-electron chi connectivity index (χ0n) is 19.2. The molecule has 0 unspecified atom stereocenters. The number of fused-ring (bicyclic) bond motifs is 3. The third kappa shape index (κ3) is 3.00. The van der Waals surface area contributed by atoms with Crippen LogP contribution >= 0.6 is 0 Å². The summed E-state index contributed by atoms with van der Waals surface area (Å²) in [4.78, 5) is 43.9. The Balaban J connectivity index is 1.74. The van der Waals surface area contributed by atoms with E-state index in [1.165, 1.54) is 0 Å². The third-order valence-electron chi connectivity index (χ3n) is 7.34. The maximum absolute atomic E-state index is 13.6. The monoisotopic (exact) mass is 483 g/mol. The third-order valence-corrected chi connectivity index (χ3v) is 7.34. The van der Waals surface area contributed by atoms with Gasteiger partial charge in [-0.15, -0.1) is 0 Å². The summed E-state index contributed by atoms with van der Waals surface area (Å²) < 4.78 is 5.51. The lowest BCUT2D eigenvalue weighted by molar-refractivity contribution is -0.147. The molecular weight excluding hydrogens is 458 g/mol. The van der Waals surface area contributed by atoms with Crippen molar-refractivity contribution in [1.29, 1.82) is 0 Å². The Morgan fingerprint density at radius 1 is 1.23 bits per heavy atom. The van der Waals surface area contributed by atoms with Crippen molar-refractivity contribution < 1.29 is 39.5 Å². The van der Waals surface area contributed by atoms with E-state index in [2.05, 4.69) is 4.99 Å². The fourth-order valence-corrected chi connectivity index (χ4v) is 5.73. The van der Waals surface area contributed by atoms with Crippen LogP contribution in [0.2, 0.25) is 0 Å². The second kappa shape index (κ2) is 7.57. The maximum Gasteiger partial charge on any atom is 0.255 e. The van der Waals surface area contributed by atoms with Crippen LogP contribution in [0.15, 0.2) is 28.0 Å². The summed E-state index contributed by atoms with van der Waals surface area (Å²) in [5, 5.41) is 44.5. The lowest BCUT2D eigenvalue weighted by Gasteiger charge is -2.46. The number of amides is 1. The number of nitrogens with zero attached hydrogens (tertiary/aromatic N) is 2. The molecular formula is C24H25N3O8. The number of aliphatic hydroxyl groups is 3. The molecule has 184 valence electrons. The second-order valence-corrected chi connectivity index (χ2v) is 9.48. The SMILES string of the molecule is CN(C)c1cc(C2=NCCO2)c(O)c2c1C[C@H]1C[C@H]3CC(=O)C(C(N)=O)=C(O)[C@@]3(O)C(=O)C1=C2O. The van der Waals surface area contributed by atoms with Crippen LogP contribution in [0.5, 0.6) is 5.75 Å². The number of hydrogen-bond donors (Lipinski definition) is 5. The molecule has 35 heavy (non-hydrogen) atoms. The molecule has 0 aromatic heterocycles. The first kappa shape index (κ1) is 22.9. The number of Topliss-reactive ketones (excluding diaryl/α,β-unsaturated/α-hetero) is 2. The van der Waals surface area contributed by atoms with Gasteiger partial charge in [-0.25, -0.2) is 4.99 Å². The van der Waals surface area contributed by atoms with Gasteiger partial charge >= 0.3 is 0 Å². The van der Waals surface area contributed by atoms with Crippen LogP contribution in [0.3, 0.4) is 0 Å². The number of benzene rings is 1. The zero-order valence-corrected chi connectivity index (χ0v) is 19.2. The molecule has 1 heterocycles. The van der Waals surface area contributed by atoms with Gasteiger partial charge in [-0.3, -0.25) is 14.4 Å². The van der Waals surface area contributed by atoms with Crippen molar-refractivity contribution in [3.63, 3.8) is 0 Å². The highest BCUT2D eigenvalue weighted by atomic mass is 16.5. The molecule has 5 rings (SSSR count). The summed E-state index contributed by atoms with van der Waals surface area (Å²) in [6.45, 7) is 0.759. The second-order valence-electron chi connectivity index (χ2n) is 9.48. The van der Waals surface area contributed by atoms with E-state index in [9.17, 15) is 34.8 Å². The standard InChI is InChI=1S/C24H25N3O8/c1-27(2)13-8-12(23-26-3-4-35-23)18(29)16-11(13)6-9-5-10-7-14(28)17(22(25)33)21(32)24(10,34)20(31)15(9)19(16)30/h8-10,29-30,32,34H,3-7H2,1-2H3,(H2,25,33)/t9-,10+,24+/m1/s1. The predicted octanol–water partition coefficient (Wildman–Crippen LogP) is 0.267. The molecule has 11 heteroatoms. The lowest BCUT2D eigenvalue weighted by Crippen LogP contribution is -2.58. The number of ether oxygens (including phenoxy) is 1. The van der Waals surface area contributed by atoms with Gasteiger partial charge < -0.3 is 35.8 Å². The quantitative estimate of drug-likeness (QED) is 0.377. The average Bonchev–Trinajstić information content (AvgIpc) is 3.30. The molecule has 3 aliphatic carbocycles. The molecule has 0 spiro atoms. The van der Waals surface area contributed by atoms with Crippen molar-refractivity contribution in [2.45, 2.75) is 24.9 Å². The van der Waals surface area contributed by atoms with E-state index in [-0.39, 0.29) is 47.6 Å². The number of aliphatic imine (C=N–C) groups is 1. The summed E-state index contributed by atoms with van der Waals surface area (Å²) in [7, 11) is 3.59. The van der Waals surface area contributed by atoms with Gasteiger partial charge in [-0.05, 0) is 30.4 Å². The van der Waals surface area contributed by atoms with Gasteiger partial charge in [-0.2, -0.15) is 0 Å². The Bertz CT molecular complexity index is 1310. The summed E-state index contributed by atoms with van der Waals surface area (Å²) in [5.41, 5.74) is 3.13. The Kier molecular flexibility index (Phi) is 4.96. The van der Waals surface area contributed by atoms with Crippen molar-refractivity contribution in [2.24, 2.45) is 22.6 Å². The van der Waals surface area contributed by atoms with Crippen molar-refractivity contribution >= 4 is 34.8 Å². The average molecular weight is 483 g/mol. The number of nitrogens with two attached hydrogens (primary N) is 1. The van der Waals surface area contributed by atoms with E-state index < -0.39 is 52.0 Å². The largest absolute Gasteiger partial charge is 0.508 e. The predicted molar refractivity (Wildman–Crippen MR) is 123 cm³/mol. The van der Waals surface area contributed by atoms with Gasteiger partial charge in [0.2, 0.25) is 11.7 Å². The fourth-order valence-electron chi connectivity index (χ4n) is 5.73. The van der Waals surface area contributed by atoms with Gasteiger partial charge in [0.15, 0.2) is 11.4 Å².